The first-order chi connectivity index (χ1) is 6.78. The van der Waals surface area contributed by atoms with Gasteiger partial charge in [-0.15, -0.1) is 11.3 Å². The Morgan fingerprint density at radius 1 is 1.71 bits per heavy atom. The van der Waals surface area contributed by atoms with Gasteiger partial charge >= 0.3 is 0 Å². The van der Waals surface area contributed by atoms with Gasteiger partial charge in [-0.25, -0.2) is 4.98 Å². The third kappa shape index (κ3) is 2.32. The van der Waals surface area contributed by atoms with E-state index in [0.29, 0.717) is 6.04 Å². The maximum atomic E-state index is 4.27. The van der Waals surface area contributed by atoms with Gasteiger partial charge in [0.25, 0.3) is 0 Å². The van der Waals surface area contributed by atoms with E-state index < -0.39 is 0 Å². The minimum absolute atomic E-state index is 0.684. The van der Waals surface area contributed by atoms with Crippen LogP contribution in [-0.4, -0.2) is 36.1 Å². The molecule has 0 radical (unpaired) electrons. The van der Waals surface area contributed by atoms with Gasteiger partial charge in [-0.2, -0.15) is 0 Å². The summed E-state index contributed by atoms with van der Waals surface area (Å²) in [7, 11) is 2.05. The molecule has 1 N–H and O–H groups in total. The highest BCUT2D eigenvalue weighted by molar-refractivity contribution is 7.11. The average molecular weight is 211 g/mol. The highest BCUT2D eigenvalue weighted by Crippen LogP contribution is 2.17. The lowest BCUT2D eigenvalue weighted by Crippen LogP contribution is -2.29. The number of aryl methyl sites for hydroxylation is 1. The number of hydrogen-bond donors (Lipinski definition) is 1. The van der Waals surface area contributed by atoms with Crippen LogP contribution in [0, 0.1) is 6.92 Å². The lowest BCUT2D eigenvalue weighted by atomic mass is 10.3. The largest absolute Gasteiger partial charge is 0.316 e. The van der Waals surface area contributed by atoms with Crippen molar-refractivity contribution in [3.63, 3.8) is 0 Å². The van der Waals surface area contributed by atoms with Gasteiger partial charge < -0.3 is 5.32 Å². The quantitative estimate of drug-likeness (QED) is 0.815. The maximum absolute atomic E-state index is 4.27. The summed E-state index contributed by atoms with van der Waals surface area (Å²) < 4.78 is 0. The summed E-state index contributed by atoms with van der Waals surface area (Å²) >= 11 is 1.81. The third-order valence-corrected chi connectivity index (χ3v) is 3.63. The van der Waals surface area contributed by atoms with Crippen molar-refractivity contribution in [2.24, 2.45) is 0 Å². The Balaban J connectivity index is 1.87. The zero-order valence-electron chi connectivity index (χ0n) is 8.79. The SMILES string of the molecule is CNC1CCN(Cc2cnc(C)s2)C1. The second-order valence-corrected chi connectivity index (χ2v) is 5.17. The number of thiazole rings is 1. The molecule has 1 aliphatic heterocycles. The van der Waals surface area contributed by atoms with Crippen LogP contribution in [-0.2, 0) is 6.54 Å². The van der Waals surface area contributed by atoms with Crippen molar-refractivity contribution >= 4 is 11.3 Å². The van der Waals surface area contributed by atoms with E-state index in [-0.39, 0.29) is 0 Å². The van der Waals surface area contributed by atoms with Gasteiger partial charge in [0.15, 0.2) is 0 Å². The van der Waals surface area contributed by atoms with Crippen LogP contribution in [0.2, 0.25) is 0 Å². The Labute approximate surface area is 89.1 Å². The minimum atomic E-state index is 0.684. The number of rotatable bonds is 3. The lowest BCUT2D eigenvalue weighted by Gasteiger charge is -2.13. The Bertz CT molecular complexity index is 297. The first-order valence-corrected chi connectivity index (χ1v) is 5.90. The van der Waals surface area contributed by atoms with Crippen LogP contribution in [0.5, 0.6) is 0 Å². The van der Waals surface area contributed by atoms with Gasteiger partial charge in [-0.05, 0) is 20.4 Å². The smallest absolute Gasteiger partial charge is 0.0897 e. The summed E-state index contributed by atoms with van der Waals surface area (Å²) in [5.74, 6) is 0. The van der Waals surface area contributed by atoms with E-state index in [1.54, 1.807) is 0 Å². The second-order valence-electron chi connectivity index (χ2n) is 3.85. The molecule has 0 aliphatic carbocycles. The number of hydrogen-bond acceptors (Lipinski definition) is 4. The average Bonchev–Trinajstić information content (AvgIpc) is 2.76. The van der Waals surface area contributed by atoms with Crippen molar-refractivity contribution in [2.45, 2.75) is 25.9 Å². The molecule has 2 rings (SSSR count). The van der Waals surface area contributed by atoms with Gasteiger partial charge in [-0.3, -0.25) is 4.90 Å². The fraction of sp³-hybridized carbons (Fsp3) is 0.700. The summed E-state index contributed by atoms with van der Waals surface area (Å²) in [5, 5.41) is 4.50. The zero-order valence-corrected chi connectivity index (χ0v) is 9.60. The summed E-state index contributed by atoms with van der Waals surface area (Å²) in [4.78, 5) is 8.16. The normalized spacial score (nSPS) is 23.1. The Hall–Kier alpha value is -0.450. The van der Waals surface area contributed by atoms with Gasteiger partial charge in [0.1, 0.15) is 0 Å². The van der Waals surface area contributed by atoms with Crippen LogP contribution in [0.1, 0.15) is 16.3 Å². The van der Waals surface area contributed by atoms with Crippen molar-refractivity contribution < 1.29 is 0 Å². The second kappa shape index (κ2) is 4.38. The Morgan fingerprint density at radius 3 is 3.14 bits per heavy atom. The van der Waals surface area contributed by atoms with Crippen molar-refractivity contribution in [2.75, 3.05) is 20.1 Å². The molecule has 0 bridgehead atoms. The third-order valence-electron chi connectivity index (χ3n) is 2.73. The fourth-order valence-corrected chi connectivity index (χ4v) is 2.75. The molecule has 3 nitrogen and oxygen atoms in total. The summed E-state index contributed by atoms with van der Waals surface area (Å²) in [5.41, 5.74) is 0. The van der Waals surface area contributed by atoms with Crippen LogP contribution in [0.3, 0.4) is 0 Å². The molecule has 1 aromatic heterocycles. The molecule has 1 unspecified atom stereocenters. The van der Waals surface area contributed by atoms with Crippen LogP contribution in [0.4, 0.5) is 0 Å². The molecule has 4 heteroatoms. The van der Waals surface area contributed by atoms with Gasteiger partial charge in [0, 0.05) is 36.8 Å². The highest BCUT2D eigenvalue weighted by Gasteiger charge is 2.20. The van der Waals surface area contributed by atoms with Crippen LogP contribution in [0.25, 0.3) is 0 Å². The van der Waals surface area contributed by atoms with Crippen molar-refractivity contribution in [1.82, 2.24) is 15.2 Å². The van der Waals surface area contributed by atoms with Crippen molar-refractivity contribution in [3.05, 3.63) is 16.1 Å². The predicted octanol–water partition coefficient (Wildman–Crippen LogP) is 1.25. The molecule has 78 valence electrons. The molecular weight excluding hydrogens is 194 g/mol. The van der Waals surface area contributed by atoms with Gasteiger partial charge in [-0.1, -0.05) is 0 Å². The molecule has 14 heavy (non-hydrogen) atoms. The van der Waals surface area contributed by atoms with E-state index in [0.717, 1.165) is 6.54 Å². The van der Waals surface area contributed by atoms with Crippen molar-refractivity contribution in [3.8, 4) is 0 Å². The monoisotopic (exact) mass is 211 g/mol. The van der Waals surface area contributed by atoms with Crippen molar-refractivity contribution in [1.29, 1.82) is 0 Å². The maximum Gasteiger partial charge on any atom is 0.0897 e. The van der Waals surface area contributed by atoms with E-state index in [1.807, 2.05) is 24.6 Å². The summed E-state index contributed by atoms with van der Waals surface area (Å²) in [6.45, 7) is 5.52. The molecule has 0 spiro atoms. The number of likely N-dealkylation sites (N-methyl/N-ethyl adjacent to an activating group) is 1. The standard InChI is InChI=1S/C10H17N3S/c1-8-12-5-10(14-8)7-13-4-3-9(6-13)11-2/h5,9,11H,3-4,6-7H2,1-2H3. The molecule has 2 heterocycles. The molecule has 1 aliphatic rings. The predicted molar refractivity (Wildman–Crippen MR) is 59.6 cm³/mol. The molecule has 1 saturated heterocycles. The van der Waals surface area contributed by atoms with E-state index in [2.05, 4.69) is 22.1 Å². The number of nitrogens with one attached hydrogen (secondary N) is 1. The number of nitrogens with zero attached hydrogens (tertiary/aromatic N) is 2. The van der Waals surface area contributed by atoms with Crippen LogP contribution >= 0.6 is 11.3 Å². The Morgan fingerprint density at radius 2 is 2.57 bits per heavy atom. The molecular formula is C10H17N3S. The number of likely N-dealkylation sites (tertiary alicyclic amines) is 1. The highest BCUT2D eigenvalue weighted by atomic mass is 32.1. The van der Waals surface area contributed by atoms with E-state index in [9.17, 15) is 0 Å². The van der Waals surface area contributed by atoms with E-state index in [1.165, 1.54) is 29.4 Å². The van der Waals surface area contributed by atoms with E-state index >= 15 is 0 Å². The van der Waals surface area contributed by atoms with E-state index in [4.69, 9.17) is 0 Å². The summed E-state index contributed by atoms with van der Waals surface area (Å²) in [6, 6.07) is 0.684. The first-order valence-electron chi connectivity index (χ1n) is 5.09. The zero-order chi connectivity index (χ0) is 9.97. The number of aromatic nitrogens is 1. The van der Waals surface area contributed by atoms with Crippen LogP contribution < -0.4 is 5.32 Å². The van der Waals surface area contributed by atoms with Crippen LogP contribution in [0.15, 0.2) is 6.20 Å². The fourth-order valence-electron chi connectivity index (χ4n) is 1.91. The molecule has 1 fully saturated rings. The first kappa shape index (κ1) is 10.1. The molecule has 1 atom stereocenters. The molecule has 0 aromatic carbocycles. The molecule has 1 aromatic rings. The Kier molecular flexibility index (Phi) is 3.15. The molecule has 0 amide bonds. The topological polar surface area (TPSA) is 28.2 Å². The van der Waals surface area contributed by atoms with Gasteiger partial charge in [0.05, 0.1) is 5.01 Å². The van der Waals surface area contributed by atoms with Gasteiger partial charge in [0.2, 0.25) is 0 Å². The lowest BCUT2D eigenvalue weighted by molar-refractivity contribution is 0.325. The summed E-state index contributed by atoms with van der Waals surface area (Å²) in [6.07, 6.45) is 3.28. The molecule has 0 saturated carbocycles. The minimum Gasteiger partial charge on any atom is -0.316 e.